The van der Waals surface area contributed by atoms with Crippen LogP contribution in [0, 0.1) is 5.82 Å². The fraction of sp³-hybridized carbons (Fsp3) is 0.556. The topological polar surface area (TPSA) is 267 Å². The van der Waals surface area contributed by atoms with Crippen LogP contribution in [0.1, 0.15) is 6.23 Å². The minimum absolute atomic E-state index is 0.344. The van der Waals surface area contributed by atoms with Crippen LogP contribution in [-0.2, 0) is 27.3 Å². The molecule has 30 heavy (non-hydrogen) atoms. The zero-order valence-electron chi connectivity index (χ0n) is 14.2. The molecule has 0 saturated carbocycles. The van der Waals surface area contributed by atoms with Gasteiger partial charge in [-0.3, -0.25) is 18.9 Å². The highest BCUT2D eigenvalue weighted by atomic mass is 31.3. The highest BCUT2D eigenvalue weighted by molar-refractivity contribution is 7.70. The molecule has 21 heteroatoms. The van der Waals surface area contributed by atoms with Crippen LogP contribution in [0.4, 0.5) is 4.39 Å². The zero-order valence-corrected chi connectivity index (χ0v) is 16.9. The monoisotopic (exact) mass is 501 g/mol. The number of ether oxygens (including phenoxy) is 1. The summed E-state index contributed by atoms with van der Waals surface area (Å²) >= 11 is 0. The third-order valence-corrected chi connectivity index (χ3v) is 7.71. The number of nitrogens with zero attached hydrogens (tertiary/aromatic N) is 1. The van der Waals surface area contributed by atoms with Crippen LogP contribution in [0.3, 0.4) is 0 Å². The van der Waals surface area contributed by atoms with E-state index >= 15 is 0 Å². The molecule has 0 aliphatic carbocycles. The molecule has 0 radical (unpaired) electrons. The van der Waals surface area contributed by atoms with Gasteiger partial charge in [-0.2, -0.15) is 8.70 Å². The molecule has 6 atom stereocenters. The van der Waals surface area contributed by atoms with E-state index in [0.29, 0.717) is 10.8 Å². The van der Waals surface area contributed by atoms with E-state index in [1.54, 1.807) is 4.98 Å². The summed E-state index contributed by atoms with van der Waals surface area (Å²) in [5, 5.41) is 19.6. The SMILES string of the molecule is O=c1[nH]c(=O)n([C@@H]2O[C@H](CO)[C@@H](OP(=O)(O)NP(=O)(O)OP(=O)(O)O)[C@H]2O)cc1F. The maximum atomic E-state index is 13.5. The molecule has 1 saturated heterocycles. The van der Waals surface area contributed by atoms with Gasteiger partial charge in [0.15, 0.2) is 6.23 Å². The summed E-state index contributed by atoms with van der Waals surface area (Å²) in [6.07, 6.45) is -7.25. The molecule has 2 heterocycles. The molecular weight excluding hydrogens is 486 g/mol. The zero-order chi connectivity index (χ0) is 23.1. The van der Waals surface area contributed by atoms with Crippen molar-refractivity contribution >= 4 is 23.3 Å². The number of halogens is 1. The number of rotatable bonds is 8. The number of aliphatic hydroxyl groups is 2. The highest BCUT2D eigenvalue weighted by Gasteiger charge is 2.50. The van der Waals surface area contributed by atoms with E-state index < -0.39 is 71.5 Å². The van der Waals surface area contributed by atoms with E-state index in [0.717, 1.165) is 4.86 Å². The molecule has 172 valence electrons. The van der Waals surface area contributed by atoms with E-state index in [1.165, 1.54) is 0 Å². The Kier molecular flexibility index (Phi) is 7.38. The summed E-state index contributed by atoms with van der Waals surface area (Å²) < 4.78 is 61.0. The number of hydrogen-bond donors (Lipinski definition) is 8. The van der Waals surface area contributed by atoms with Gasteiger partial charge in [0.1, 0.15) is 18.3 Å². The van der Waals surface area contributed by atoms with Crippen molar-refractivity contribution in [2.24, 2.45) is 0 Å². The lowest BCUT2D eigenvalue weighted by Crippen LogP contribution is -2.39. The first-order valence-corrected chi connectivity index (χ1v) is 12.1. The van der Waals surface area contributed by atoms with Gasteiger partial charge in [-0.15, -0.1) is 4.86 Å². The summed E-state index contributed by atoms with van der Waals surface area (Å²) in [6, 6.07) is 0. The predicted octanol–water partition coefficient (Wildman–Crippen LogP) is -2.79. The molecule has 2 rings (SSSR count). The lowest BCUT2D eigenvalue weighted by atomic mass is 10.1. The van der Waals surface area contributed by atoms with Gasteiger partial charge in [-0.1, -0.05) is 0 Å². The second kappa shape index (κ2) is 8.80. The Morgan fingerprint density at radius 3 is 2.33 bits per heavy atom. The van der Waals surface area contributed by atoms with Crippen LogP contribution >= 0.6 is 23.3 Å². The molecule has 17 nitrogen and oxygen atoms in total. The average molecular weight is 501 g/mol. The maximum absolute atomic E-state index is 13.5. The van der Waals surface area contributed by atoms with Gasteiger partial charge in [-0.25, -0.2) is 18.5 Å². The molecule has 1 fully saturated rings. The summed E-state index contributed by atoms with van der Waals surface area (Å²) in [5.41, 5.74) is -2.65. The van der Waals surface area contributed by atoms with Crippen molar-refractivity contribution in [3.63, 3.8) is 0 Å². The predicted molar refractivity (Wildman–Crippen MR) is 89.1 cm³/mol. The van der Waals surface area contributed by atoms with Gasteiger partial charge < -0.3 is 34.5 Å². The Morgan fingerprint density at radius 2 is 1.80 bits per heavy atom. The molecule has 2 unspecified atom stereocenters. The minimum atomic E-state index is -5.61. The Hall–Kier alpha value is -1.10. The highest BCUT2D eigenvalue weighted by Crippen LogP contribution is 2.60. The summed E-state index contributed by atoms with van der Waals surface area (Å²) in [6.45, 7) is -1.01. The molecule has 8 N–H and O–H groups in total. The molecule has 1 aliphatic rings. The van der Waals surface area contributed by atoms with Crippen molar-refractivity contribution in [2.45, 2.75) is 24.5 Å². The lowest BCUT2D eigenvalue weighted by Gasteiger charge is -2.24. The Labute approximate surface area is 164 Å². The van der Waals surface area contributed by atoms with Crippen LogP contribution in [0.15, 0.2) is 15.8 Å². The van der Waals surface area contributed by atoms with E-state index in [1.807, 2.05) is 0 Å². The summed E-state index contributed by atoms with van der Waals surface area (Å²) in [7, 11) is -16.7. The van der Waals surface area contributed by atoms with Crippen molar-refractivity contribution in [1.29, 1.82) is 0 Å². The number of aliphatic hydroxyl groups excluding tert-OH is 2. The van der Waals surface area contributed by atoms with Crippen molar-refractivity contribution < 1.29 is 61.4 Å². The van der Waals surface area contributed by atoms with Crippen molar-refractivity contribution in [3.8, 4) is 0 Å². The number of phosphoric acid groups is 1. The summed E-state index contributed by atoms with van der Waals surface area (Å²) in [4.78, 5) is 61.3. The van der Waals surface area contributed by atoms with Crippen LogP contribution in [-0.4, -0.2) is 64.3 Å². The third kappa shape index (κ3) is 6.21. The Bertz CT molecular complexity index is 1050. The fourth-order valence-corrected chi connectivity index (χ4v) is 6.07. The van der Waals surface area contributed by atoms with Gasteiger partial charge in [0.25, 0.3) is 5.56 Å². The normalized spacial score (nSPS) is 28.8. The van der Waals surface area contributed by atoms with Crippen molar-refractivity contribution in [1.82, 2.24) is 14.4 Å². The standard InChI is InChI=1S/C9H15FN3O14P3/c10-3-1-13(9(17)11-7(3)16)8-5(15)6(4(2-14)25-8)26-28(18,19)12-29(20,21)27-30(22,23)24/h1,4-6,8,14-15H,2H2,(H,11,16,17)(H2,22,23,24)(H3,12,18,19,20,21)/t4-,5-,6-,8-/m1/s1. The van der Waals surface area contributed by atoms with E-state index in [-0.39, 0.29) is 0 Å². The van der Waals surface area contributed by atoms with Crippen LogP contribution in [0.2, 0.25) is 0 Å². The number of aromatic nitrogens is 2. The minimum Gasteiger partial charge on any atom is -0.394 e. The van der Waals surface area contributed by atoms with E-state index in [9.17, 15) is 47.7 Å². The van der Waals surface area contributed by atoms with Crippen LogP contribution in [0.5, 0.6) is 0 Å². The second-order valence-corrected chi connectivity index (χ2v) is 10.4. The molecule has 1 aromatic rings. The second-order valence-electron chi connectivity index (χ2n) is 5.66. The molecule has 1 aliphatic heterocycles. The Morgan fingerprint density at radius 1 is 1.20 bits per heavy atom. The van der Waals surface area contributed by atoms with Gasteiger partial charge in [0.2, 0.25) is 5.82 Å². The van der Waals surface area contributed by atoms with Gasteiger partial charge in [-0.05, 0) is 0 Å². The Balaban J connectivity index is 2.27. The van der Waals surface area contributed by atoms with Gasteiger partial charge in [0, 0.05) is 0 Å². The molecule has 0 aromatic carbocycles. The van der Waals surface area contributed by atoms with Gasteiger partial charge >= 0.3 is 29.0 Å². The number of aromatic amines is 1. The third-order valence-electron chi connectivity index (χ3n) is 3.42. The first-order valence-electron chi connectivity index (χ1n) is 7.41. The fourth-order valence-electron chi connectivity index (χ4n) is 2.39. The van der Waals surface area contributed by atoms with E-state index in [4.69, 9.17) is 14.5 Å². The molecule has 0 bridgehead atoms. The van der Waals surface area contributed by atoms with E-state index in [2.05, 4.69) is 8.83 Å². The van der Waals surface area contributed by atoms with Gasteiger partial charge in [0.05, 0.1) is 12.8 Å². The molecule has 1 aromatic heterocycles. The number of hydrogen-bond acceptors (Lipinski definition) is 10. The summed E-state index contributed by atoms with van der Waals surface area (Å²) in [5.74, 6) is -1.46. The lowest BCUT2D eigenvalue weighted by molar-refractivity contribution is -0.0550. The van der Waals surface area contributed by atoms with Crippen LogP contribution in [0.25, 0.3) is 0 Å². The average Bonchev–Trinajstić information content (AvgIpc) is 2.83. The number of H-pyrrole nitrogens is 1. The van der Waals surface area contributed by atoms with Crippen molar-refractivity contribution in [2.75, 3.05) is 6.61 Å². The molecule has 0 spiro atoms. The first kappa shape index (κ1) is 25.2. The largest absolute Gasteiger partial charge is 0.477 e. The van der Waals surface area contributed by atoms with Crippen molar-refractivity contribution in [3.05, 3.63) is 32.9 Å². The first-order chi connectivity index (χ1) is 13.6. The molecular formula is C9H15FN3O14P3. The molecule has 0 amide bonds. The quantitative estimate of drug-likeness (QED) is 0.167. The number of nitrogens with one attached hydrogen (secondary N) is 2. The van der Waals surface area contributed by atoms with Crippen LogP contribution < -0.4 is 16.1 Å². The smallest absolute Gasteiger partial charge is 0.394 e. The maximum Gasteiger partial charge on any atom is 0.477 e.